The van der Waals surface area contributed by atoms with Crippen LogP contribution in [0.1, 0.15) is 40.7 Å². The maximum Gasteiger partial charge on any atom is 0.257 e. The van der Waals surface area contributed by atoms with Crippen molar-refractivity contribution >= 4 is 22.6 Å². The zero-order valence-electron chi connectivity index (χ0n) is 17.8. The Labute approximate surface area is 176 Å². The lowest BCUT2D eigenvalue weighted by Crippen LogP contribution is -2.31. The first-order valence-corrected chi connectivity index (χ1v) is 9.94. The second-order valence-electron chi connectivity index (χ2n) is 7.35. The number of carbonyl (C=O) groups is 2. The van der Waals surface area contributed by atoms with E-state index in [1.54, 1.807) is 11.9 Å². The van der Waals surface area contributed by atoms with Crippen LogP contribution >= 0.6 is 0 Å². The molecule has 0 fully saturated rings. The Morgan fingerprint density at radius 1 is 1.17 bits per heavy atom. The van der Waals surface area contributed by atoms with Crippen molar-refractivity contribution in [1.82, 2.24) is 15.4 Å². The van der Waals surface area contributed by atoms with Gasteiger partial charge in [0.1, 0.15) is 18.1 Å². The van der Waals surface area contributed by atoms with E-state index in [1.807, 2.05) is 50.2 Å². The van der Waals surface area contributed by atoms with Crippen LogP contribution in [0, 0.1) is 13.8 Å². The molecule has 158 valence electrons. The minimum Gasteiger partial charge on any atom is -0.488 e. The van der Waals surface area contributed by atoms with E-state index in [4.69, 9.17) is 9.26 Å². The third-order valence-corrected chi connectivity index (χ3v) is 5.02. The average molecular weight is 409 g/mol. The number of aryl methyl sites for hydroxylation is 2. The zero-order chi connectivity index (χ0) is 21.7. The van der Waals surface area contributed by atoms with Gasteiger partial charge in [-0.05, 0) is 43.2 Å². The van der Waals surface area contributed by atoms with Crippen LogP contribution in [0.4, 0.5) is 0 Å². The second-order valence-corrected chi connectivity index (χ2v) is 7.35. The van der Waals surface area contributed by atoms with Crippen molar-refractivity contribution in [3.63, 3.8) is 0 Å². The number of nitrogens with one attached hydrogen (secondary N) is 1. The molecule has 1 N–H and O–H groups in total. The molecule has 3 rings (SSSR count). The van der Waals surface area contributed by atoms with E-state index in [9.17, 15) is 9.59 Å². The van der Waals surface area contributed by atoms with Gasteiger partial charge in [0, 0.05) is 27.1 Å². The van der Waals surface area contributed by atoms with Gasteiger partial charge in [0.15, 0.2) is 0 Å². The SMILES string of the molecule is CC(=O)NCCCN(C)C(=O)c1cc2ccccc2cc1OCc1c(C)noc1C. The number of hydrogen-bond donors (Lipinski definition) is 1. The van der Waals surface area contributed by atoms with Gasteiger partial charge in [0.05, 0.1) is 16.8 Å². The molecule has 7 nitrogen and oxygen atoms in total. The van der Waals surface area contributed by atoms with Crippen LogP contribution in [0.3, 0.4) is 0 Å². The number of nitrogens with zero attached hydrogens (tertiary/aromatic N) is 2. The van der Waals surface area contributed by atoms with Crippen LogP contribution in [-0.4, -0.2) is 42.0 Å². The molecule has 2 aromatic carbocycles. The molecule has 0 saturated carbocycles. The monoisotopic (exact) mass is 409 g/mol. The number of aromatic nitrogens is 1. The number of amides is 2. The number of benzene rings is 2. The molecule has 0 radical (unpaired) electrons. The van der Waals surface area contributed by atoms with Gasteiger partial charge in [0.25, 0.3) is 5.91 Å². The highest BCUT2D eigenvalue weighted by Crippen LogP contribution is 2.28. The Hall–Kier alpha value is -3.35. The second kappa shape index (κ2) is 9.43. The van der Waals surface area contributed by atoms with Crippen molar-refractivity contribution in [1.29, 1.82) is 0 Å². The molecular weight excluding hydrogens is 382 g/mol. The van der Waals surface area contributed by atoms with E-state index >= 15 is 0 Å². The van der Waals surface area contributed by atoms with E-state index in [1.165, 1.54) is 6.92 Å². The first kappa shape index (κ1) is 21.4. The number of hydrogen-bond acceptors (Lipinski definition) is 5. The van der Waals surface area contributed by atoms with Crippen molar-refractivity contribution in [3.05, 3.63) is 59.0 Å². The normalized spacial score (nSPS) is 10.8. The summed E-state index contributed by atoms with van der Waals surface area (Å²) in [6, 6.07) is 11.6. The molecule has 0 bridgehead atoms. The summed E-state index contributed by atoms with van der Waals surface area (Å²) < 4.78 is 11.3. The number of ether oxygens (including phenoxy) is 1. The smallest absolute Gasteiger partial charge is 0.257 e. The first-order valence-electron chi connectivity index (χ1n) is 9.94. The Morgan fingerprint density at radius 2 is 1.87 bits per heavy atom. The summed E-state index contributed by atoms with van der Waals surface area (Å²) in [6.45, 7) is 6.51. The molecule has 0 aliphatic rings. The quantitative estimate of drug-likeness (QED) is 0.575. The summed E-state index contributed by atoms with van der Waals surface area (Å²) in [4.78, 5) is 25.8. The van der Waals surface area contributed by atoms with Crippen molar-refractivity contribution < 1.29 is 18.8 Å². The van der Waals surface area contributed by atoms with Crippen LogP contribution in [0.15, 0.2) is 40.9 Å². The minimum atomic E-state index is -0.127. The average Bonchev–Trinajstić information content (AvgIpc) is 3.05. The Bertz CT molecular complexity index is 1040. The summed E-state index contributed by atoms with van der Waals surface area (Å²) in [5.41, 5.74) is 2.16. The predicted molar refractivity (Wildman–Crippen MR) is 115 cm³/mol. The minimum absolute atomic E-state index is 0.0754. The van der Waals surface area contributed by atoms with Gasteiger partial charge in [-0.2, -0.15) is 0 Å². The van der Waals surface area contributed by atoms with E-state index in [2.05, 4.69) is 10.5 Å². The van der Waals surface area contributed by atoms with Crippen LogP contribution in [0.25, 0.3) is 10.8 Å². The predicted octanol–water partition coefficient (Wildman–Crippen LogP) is 3.62. The first-order chi connectivity index (χ1) is 14.4. The summed E-state index contributed by atoms with van der Waals surface area (Å²) in [6.07, 6.45) is 0.671. The van der Waals surface area contributed by atoms with Gasteiger partial charge in [0.2, 0.25) is 5.91 Å². The molecule has 3 aromatic rings. The third-order valence-electron chi connectivity index (χ3n) is 5.02. The maximum absolute atomic E-state index is 13.2. The van der Waals surface area contributed by atoms with E-state index in [0.29, 0.717) is 36.6 Å². The van der Waals surface area contributed by atoms with Crippen LogP contribution in [-0.2, 0) is 11.4 Å². The lowest BCUT2D eigenvalue weighted by Gasteiger charge is -2.20. The van der Waals surface area contributed by atoms with Gasteiger partial charge in [-0.25, -0.2) is 0 Å². The Morgan fingerprint density at radius 3 is 2.50 bits per heavy atom. The highest BCUT2D eigenvalue weighted by molar-refractivity contribution is 6.01. The summed E-state index contributed by atoms with van der Waals surface area (Å²) in [5.74, 6) is 1.02. The van der Waals surface area contributed by atoms with Gasteiger partial charge in [-0.15, -0.1) is 0 Å². The molecule has 0 saturated heterocycles. The van der Waals surface area contributed by atoms with E-state index in [-0.39, 0.29) is 18.4 Å². The molecule has 0 unspecified atom stereocenters. The largest absolute Gasteiger partial charge is 0.488 e. The molecule has 0 spiro atoms. The standard InChI is InChI=1S/C23H27N3O4/c1-15-21(16(2)30-25-15)14-29-22-13-19-9-6-5-8-18(19)12-20(22)23(28)26(4)11-7-10-24-17(3)27/h5-6,8-9,12-13H,7,10-11,14H2,1-4H3,(H,24,27). The van der Waals surface area contributed by atoms with Crippen molar-refractivity contribution in [3.8, 4) is 5.75 Å². The maximum atomic E-state index is 13.2. The summed E-state index contributed by atoms with van der Waals surface area (Å²) in [7, 11) is 1.75. The molecule has 7 heteroatoms. The third kappa shape index (κ3) is 4.97. The number of rotatable bonds is 8. The number of fused-ring (bicyclic) bond motifs is 1. The van der Waals surface area contributed by atoms with Crippen LogP contribution in [0.2, 0.25) is 0 Å². The topological polar surface area (TPSA) is 84.7 Å². The Kier molecular flexibility index (Phi) is 6.72. The highest BCUT2D eigenvalue weighted by Gasteiger charge is 2.19. The van der Waals surface area contributed by atoms with Gasteiger partial charge >= 0.3 is 0 Å². The molecule has 30 heavy (non-hydrogen) atoms. The fourth-order valence-corrected chi connectivity index (χ4v) is 3.25. The van der Waals surface area contributed by atoms with Gasteiger partial charge < -0.3 is 19.5 Å². The fraction of sp³-hybridized carbons (Fsp3) is 0.348. The molecule has 1 heterocycles. The molecule has 0 aliphatic heterocycles. The molecule has 0 atom stereocenters. The molecule has 1 aromatic heterocycles. The van der Waals surface area contributed by atoms with Gasteiger partial charge in [-0.1, -0.05) is 29.4 Å². The van der Waals surface area contributed by atoms with E-state index in [0.717, 1.165) is 22.0 Å². The molecule has 0 aliphatic carbocycles. The number of carbonyl (C=O) groups excluding carboxylic acids is 2. The Balaban J connectivity index is 1.83. The lowest BCUT2D eigenvalue weighted by molar-refractivity contribution is -0.118. The van der Waals surface area contributed by atoms with Crippen LogP contribution < -0.4 is 10.1 Å². The van der Waals surface area contributed by atoms with Crippen molar-refractivity contribution in [2.75, 3.05) is 20.1 Å². The van der Waals surface area contributed by atoms with Crippen molar-refractivity contribution in [2.45, 2.75) is 33.8 Å². The van der Waals surface area contributed by atoms with E-state index < -0.39 is 0 Å². The molecular formula is C23H27N3O4. The van der Waals surface area contributed by atoms with Gasteiger partial charge in [-0.3, -0.25) is 9.59 Å². The summed E-state index contributed by atoms with van der Waals surface area (Å²) >= 11 is 0. The highest BCUT2D eigenvalue weighted by atomic mass is 16.5. The fourth-order valence-electron chi connectivity index (χ4n) is 3.25. The zero-order valence-corrected chi connectivity index (χ0v) is 17.8. The van der Waals surface area contributed by atoms with Crippen LogP contribution in [0.5, 0.6) is 5.75 Å². The molecule has 2 amide bonds. The lowest BCUT2D eigenvalue weighted by atomic mass is 10.0. The van der Waals surface area contributed by atoms with Crippen molar-refractivity contribution in [2.24, 2.45) is 0 Å². The summed E-state index contributed by atoms with van der Waals surface area (Å²) in [5, 5.41) is 8.67.